The maximum atomic E-state index is 10.5. The highest BCUT2D eigenvalue weighted by molar-refractivity contribution is 5.68. The highest BCUT2D eigenvalue weighted by Gasteiger charge is 2.25. The molecular weight excluding hydrogens is 154 g/mol. The van der Waals surface area contributed by atoms with E-state index in [0.717, 1.165) is 13.0 Å². The first kappa shape index (κ1) is 11.4. The van der Waals surface area contributed by atoms with E-state index in [0.29, 0.717) is 0 Å². The third-order valence-corrected chi connectivity index (χ3v) is 2.18. The molecule has 0 unspecified atom stereocenters. The highest BCUT2D eigenvalue weighted by atomic mass is 16.4. The summed E-state index contributed by atoms with van der Waals surface area (Å²) in [6.45, 7) is 6.95. The Labute approximate surface area is 74.4 Å². The lowest BCUT2D eigenvalue weighted by Gasteiger charge is -2.34. The standard InChI is InChI=1S/C9H19NO2/c1-5-6-10(4)9(2,3)7-8(11)12/h5-7H2,1-4H3,(H,11,12). The minimum absolute atomic E-state index is 0.198. The van der Waals surface area contributed by atoms with Gasteiger partial charge in [0.1, 0.15) is 0 Å². The van der Waals surface area contributed by atoms with Crippen molar-refractivity contribution in [1.82, 2.24) is 4.90 Å². The van der Waals surface area contributed by atoms with Crippen LogP contribution in [0.3, 0.4) is 0 Å². The van der Waals surface area contributed by atoms with E-state index in [1.54, 1.807) is 0 Å². The van der Waals surface area contributed by atoms with Gasteiger partial charge in [-0.2, -0.15) is 0 Å². The van der Waals surface area contributed by atoms with Crippen molar-refractivity contribution >= 4 is 5.97 Å². The van der Waals surface area contributed by atoms with Gasteiger partial charge in [-0.15, -0.1) is 0 Å². The number of carboxylic acids is 1. The molecule has 3 heteroatoms. The topological polar surface area (TPSA) is 40.5 Å². The van der Waals surface area contributed by atoms with E-state index in [-0.39, 0.29) is 12.0 Å². The predicted octanol–water partition coefficient (Wildman–Crippen LogP) is 1.58. The monoisotopic (exact) mass is 173 g/mol. The molecular formula is C9H19NO2. The molecule has 0 fully saturated rings. The molecule has 12 heavy (non-hydrogen) atoms. The lowest BCUT2D eigenvalue weighted by molar-refractivity contribution is -0.139. The van der Waals surface area contributed by atoms with Gasteiger partial charge in [-0.25, -0.2) is 0 Å². The first-order chi connectivity index (χ1) is 5.40. The molecule has 3 nitrogen and oxygen atoms in total. The summed E-state index contributed by atoms with van der Waals surface area (Å²) in [5.74, 6) is -0.733. The largest absolute Gasteiger partial charge is 0.481 e. The van der Waals surface area contributed by atoms with Crippen LogP contribution in [-0.4, -0.2) is 35.1 Å². The fraction of sp³-hybridized carbons (Fsp3) is 0.889. The molecule has 0 aliphatic rings. The zero-order valence-corrected chi connectivity index (χ0v) is 8.42. The Morgan fingerprint density at radius 2 is 2.00 bits per heavy atom. The molecule has 0 amide bonds. The van der Waals surface area contributed by atoms with Crippen LogP contribution in [0.4, 0.5) is 0 Å². The second-order valence-corrected chi connectivity index (χ2v) is 3.80. The quantitative estimate of drug-likeness (QED) is 0.686. The van der Waals surface area contributed by atoms with Crippen molar-refractivity contribution in [3.05, 3.63) is 0 Å². The molecule has 0 atom stereocenters. The van der Waals surface area contributed by atoms with Crippen LogP contribution >= 0.6 is 0 Å². The number of rotatable bonds is 5. The number of aliphatic carboxylic acids is 1. The molecule has 0 rings (SSSR count). The van der Waals surface area contributed by atoms with E-state index in [2.05, 4.69) is 11.8 Å². The average Bonchev–Trinajstić information content (AvgIpc) is 1.85. The molecule has 0 aliphatic heterocycles. The Morgan fingerprint density at radius 1 is 1.50 bits per heavy atom. The second-order valence-electron chi connectivity index (χ2n) is 3.80. The minimum atomic E-state index is -0.733. The van der Waals surface area contributed by atoms with E-state index in [1.165, 1.54) is 0 Å². The van der Waals surface area contributed by atoms with Crippen molar-refractivity contribution in [3.8, 4) is 0 Å². The van der Waals surface area contributed by atoms with Gasteiger partial charge in [0, 0.05) is 5.54 Å². The van der Waals surface area contributed by atoms with Gasteiger partial charge in [-0.1, -0.05) is 6.92 Å². The van der Waals surface area contributed by atoms with Crippen molar-refractivity contribution in [2.45, 2.75) is 39.2 Å². The van der Waals surface area contributed by atoms with Gasteiger partial charge in [-0.3, -0.25) is 4.79 Å². The summed E-state index contributed by atoms with van der Waals surface area (Å²) in [6, 6.07) is 0. The summed E-state index contributed by atoms with van der Waals surface area (Å²) in [7, 11) is 1.96. The van der Waals surface area contributed by atoms with Gasteiger partial charge >= 0.3 is 5.97 Å². The number of nitrogens with zero attached hydrogens (tertiary/aromatic N) is 1. The van der Waals surface area contributed by atoms with Crippen LogP contribution < -0.4 is 0 Å². The second kappa shape index (κ2) is 4.45. The first-order valence-electron chi connectivity index (χ1n) is 4.33. The lowest BCUT2D eigenvalue weighted by Crippen LogP contribution is -2.43. The van der Waals surface area contributed by atoms with Gasteiger partial charge in [0.2, 0.25) is 0 Å². The van der Waals surface area contributed by atoms with Gasteiger partial charge in [0.15, 0.2) is 0 Å². The molecule has 0 aromatic rings. The van der Waals surface area contributed by atoms with Crippen LogP contribution in [0.1, 0.15) is 33.6 Å². The zero-order chi connectivity index (χ0) is 9.78. The van der Waals surface area contributed by atoms with Crippen molar-refractivity contribution in [2.24, 2.45) is 0 Å². The Kier molecular flexibility index (Phi) is 4.24. The SMILES string of the molecule is CCCN(C)C(C)(C)CC(=O)O. The van der Waals surface area contributed by atoms with E-state index in [4.69, 9.17) is 5.11 Å². The lowest BCUT2D eigenvalue weighted by atomic mass is 9.99. The summed E-state index contributed by atoms with van der Waals surface area (Å²) >= 11 is 0. The van der Waals surface area contributed by atoms with E-state index >= 15 is 0 Å². The van der Waals surface area contributed by atoms with Crippen molar-refractivity contribution in [1.29, 1.82) is 0 Å². The Morgan fingerprint density at radius 3 is 2.33 bits per heavy atom. The van der Waals surface area contributed by atoms with Crippen LogP contribution in [0.5, 0.6) is 0 Å². The molecule has 72 valence electrons. The normalized spacial score (nSPS) is 12.1. The zero-order valence-electron chi connectivity index (χ0n) is 8.42. The fourth-order valence-electron chi connectivity index (χ4n) is 1.14. The number of hydrogen-bond donors (Lipinski definition) is 1. The number of carbonyl (C=O) groups is 1. The predicted molar refractivity (Wildman–Crippen MR) is 49.3 cm³/mol. The Bertz CT molecular complexity index is 155. The van der Waals surface area contributed by atoms with Crippen molar-refractivity contribution < 1.29 is 9.90 Å². The minimum Gasteiger partial charge on any atom is -0.481 e. The van der Waals surface area contributed by atoms with E-state index in [9.17, 15) is 4.79 Å². The van der Waals surface area contributed by atoms with Gasteiger partial charge in [0.25, 0.3) is 0 Å². The van der Waals surface area contributed by atoms with Gasteiger partial charge < -0.3 is 10.0 Å². The van der Waals surface area contributed by atoms with Gasteiger partial charge in [0.05, 0.1) is 6.42 Å². The fourth-order valence-corrected chi connectivity index (χ4v) is 1.14. The summed E-state index contributed by atoms with van der Waals surface area (Å²) in [6.07, 6.45) is 1.25. The van der Waals surface area contributed by atoms with Crippen molar-refractivity contribution in [2.75, 3.05) is 13.6 Å². The van der Waals surface area contributed by atoms with Crippen molar-refractivity contribution in [3.63, 3.8) is 0 Å². The molecule has 0 bridgehead atoms. The Balaban J connectivity index is 4.07. The van der Waals surface area contributed by atoms with E-state index in [1.807, 2.05) is 20.9 Å². The van der Waals surface area contributed by atoms with Crippen LogP contribution in [0.2, 0.25) is 0 Å². The summed E-state index contributed by atoms with van der Waals surface area (Å²) in [5, 5.41) is 8.64. The maximum absolute atomic E-state index is 10.5. The van der Waals surface area contributed by atoms with Crippen LogP contribution in [0, 0.1) is 0 Å². The number of carboxylic acid groups (broad SMARTS) is 1. The molecule has 0 radical (unpaired) electrons. The molecule has 0 aliphatic carbocycles. The summed E-state index contributed by atoms with van der Waals surface area (Å²) in [5.41, 5.74) is -0.234. The molecule has 0 saturated carbocycles. The van der Waals surface area contributed by atoms with Crippen LogP contribution in [-0.2, 0) is 4.79 Å². The van der Waals surface area contributed by atoms with Crippen LogP contribution in [0.15, 0.2) is 0 Å². The molecule has 0 aromatic carbocycles. The molecule has 1 N–H and O–H groups in total. The molecule has 0 heterocycles. The molecule has 0 spiro atoms. The smallest absolute Gasteiger partial charge is 0.305 e. The maximum Gasteiger partial charge on any atom is 0.305 e. The Hall–Kier alpha value is -0.570. The summed E-state index contributed by atoms with van der Waals surface area (Å²) in [4.78, 5) is 12.6. The van der Waals surface area contributed by atoms with Crippen LogP contribution in [0.25, 0.3) is 0 Å². The number of hydrogen-bond acceptors (Lipinski definition) is 2. The third kappa shape index (κ3) is 3.72. The molecule has 0 saturated heterocycles. The van der Waals surface area contributed by atoms with Gasteiger partial charge in [-0.05, 0) is 33.9 Å². The first-order valence-corrected chi connectivity index (χ1v) is 4.33. The summed E-state index contributed by atoms with van der Waals surface area (Å²) < 4.78 is 0. The molecule has 0 aromatic heterocycles. The highest BCUT2D eigenvalue weighted by Crippen LogP contribution is 2.16. The third-order valence-electron chi connectivity index (χ3n) is 2.18. The average molecular weight is 173 g/mol. The van der Waals surface area contributed by atoms with E-state index < -0.39 is 5.97 Å².